The van der Waals surface area contributed by atoms with Gasteiger partial charge in [0.25, 0.3) is 0 Å². The number of allylic oxidation sites excluding steroid dienone is 1. The Morgan fingerprint density at radius 1 is 1.03 bits per heavy atom. The summed E-state index contributed by atoms with van der Waals surface area (Å²) in [4.78, 5) is 1.27. The van der Waals surface area contributed by atoms with E-state index < -0.39 is 0 Å². The average molecular weight is 494 g/mol. The summed E-state index contributed by atoms with van der Waals surface area (Å²) < 4.78 is 11.8. The van der Waals surface area contributed by atoms with Crippen LogP contribution >= 0.6 is 27.3 Å². The van der Waals surface area contributed by atoms with E-state index in [1.807, 2.05) is 6.07 Å². The molecule has 4 aromatic rings. The maximum absolute atomic E-state index is 6.31. The van der Waals surface area contributed by atoms with Gasteiger partial charge in [-0.15, -0.1) is 11.3 Å². The third-order valence-corrected chi connectivity index (χ3v) is 6.53. The molecule has 0 bridgehead atoms. The van der Waals surface area contributed by atoms with E-state index in [9.17, 15) is 0 Å². The van der Waals surface area contributed by atoms with Crippen molar-refractivity contribution in [1.82, 2.24) is 4.57 Å². The number of ether oxygens (including phenoxy) is 1. The fourth-order valence-electron chi connectivity index (χ4n) is 3.39. The Balaban J connectivity index is 1.33. The smallest absolute Gasteiger partial charge is 0.244 e. The van der Waals surface area contributed by atoms with Gasteiger partial charge in [-0.1, -0.05) is 70.5 Å². The SMILES string of the molecule is Brc1ccc(C=CC[n+]2ccn(CC(OCCc3ccccc3)c3cccs3)c2)cc1. The van der Waals surface area contributed by atoms with Gasteiger partial charge in [-0.05, 0) is 47.2 Å². The molecule has 0 radical (unpaired) electrons. The molecular weight excluding hydrogens is 468 g/mol. The molecule has 0 fully saturated rings. The van der Waals surface area contributed by atoms with Gasteiger partial charge < -0.3 is 4.74 Å². The fraction of sp³-hybridized carbons (Fsp3) is 0.192. The summed E-state index contributed by atoms with van der Waals surface area (Å²) in [6.45, 7) is 2.35. The van der Waals surface area contributed by atoms with Gasteiger partial charge in [-0.25, -0.2) is 9.13 Å². The zero-order chi connectivity index (χ0) is 21.3. The second kappa shape index (κ2) is 11.2. The number of benzene rings is 2. The number of rotatable bonds is 10. The lowest BCUT2D eigenvalue weighted by atomic mass is 10.2. The van der Waals surface area contributed by atoms with E-state index >= 15 is 0 Å². The molecule has 0 amide bonds. The first-order chi connectivity index (χ1) is 15.3. The molecule has 3 nitrogen and oxygen atoms in total. The predicted molar refractivity (Wildman–Crippen MR) is 131 cm³/mol. The van der Waals surface area contributed by atoms with Gasteiger partial charge in [-0.3, -0.25) is 0 Å². The highest BCUT2D eigenvalue weighted by molar-refractivity contribution is 9.10. The number of hydrogen-bond donors (Lipinski definition) is 0. The normalized spacial score (nSPS) is 12.4. The van der Waals surface area contributed by atoms with Crippen molar-refractivity contribution < 1.29 is 9.30 Å². The van der Waals surface area contributed by atoms with Crippen molar-refractivity contribution in [3.63, 3.8) is 0 Å². The number of thiophene rings is 1. The van der Waals surface area contributed by atoms with Crippen LogP contribution in [0.2, 0.25) is 0 Å². The zero-order valence-corrected chi connectivity index (χ0v) is 19.7. The van der Waals surface area contributed by atoms with Gasteiger partial charge in [0.2, 0.25) is 6.33 Å². The topological polar surface area (TPSA) is 18.0 Å². The standard InChI is InChI=1S/C26H26BrN2OS/c27-24-12-10-23(11-13-24)8-4-15-28-16-17-29(21-28)20-25(26-9-5-19-31-26)30-18-14-22-6-2-1-3-7-22/h1-13,16-17,19,21,25H,14-15,18,20H2/q+1. The van der Waals surface area contributed by atoms with Crippen molar-refractivity contribution in [2.24, 2.45) is 0 Å². The number of aromatic nitrogens is 2. The third-order valence-electron chi connectivity index (χ3n) is 5.03. The van der Waals surface area contributed by atoms with E-state index in [-0.39, 0.29) is 6.10 Å². The van der Waals surface area contributed by atoms with E-state index in [4.69, 9.17) is 4.74 Å². The molecule has 0 saturated heterocycles. The maximum Gasteiger partial charge on any atom is 0.244 e. The molecule has 2 heterocycles. The molecule has 5 heteroatoms. The molecule has 0 saturated carbocycles. The first kappa shape index (κ1) is 21.8. The van der Waals surface area contributed by atoms with Gasteiger partial charge in [0, 0.05) is 9.35 Å². The van der Waals surface area contributed by atoms with Crippen LogP contribution in [0.25, 0.3) is 6.08 Å². The van der Waals surface area contributed by atoms with Crippen molar-refractivity contribution in [3.8, 4) is 0 Å². The highest BCUT2D eigenvalue weighted by atomic mass is 79.9. The highest BCUT2D eigenvalue weighted by Gasteiger charge is 2.17. The minimum absolute atomic E-state index is 0.0582. The first-order valence-corrected chi connectivity index (χ1v) is 12.1. The van der Waals surface area contributed by atoms with Crippen LogP contribution in [0.4, 0.5) is 0 Å². The minimum Gasteiger partial charge on any atom is -0.368 e. The largest absolute Gasteiger partial charge is 0.368 e. The Morgan fingerprint density at radius 2 is 1.87 bits per heavy atom. The lowest BCUT2D eigenvalue weighted by Crippen LogP contribution is -2.30. The predicted octanol–water partition coefficient (Wildman–Crippen LogP) is 6.31. The molecule has 1 atom stereocenters. The summed E-state index contributed by atoms with van der Waals surface area (Å²) in [5.74, 6) is 0. The molecule has 0 aliphatic carbocycles. The van der Waals surface area contributed by atoms with Crippen molar-refractivity contribution in [2.45, 2.75) is 25.6 Å². The van der Waals surface area contributed by atoms with E-state index in [0.29, 0.717) is 6.61 Å². The molecule has 31 heavy (non-hydrogen) atoms. The summed E-state index contributed by atoms with van der Waals surface area (Å²) in [7, 11) is 0. The Bertz CT molecular complexity index is 1070. The molecule has 2 aromatic carbocycles. The molecule has 0 N–H and O–H groups in total. The van der Waals surface area contributed by atoms with E-state index in [2.05, 4.69) is 122 Å². The second-order valence-electron chi connectivity index (χ2n) is 7.37. The van der Waals surface area contributed by atoms with Crippen LogP contribution in [-0.4, -0.2) is 11.2 Å². The maximum atomic E-state index is 6.31. The van der Waals surface area contributed by atoms with Gasteiger partial charge >= 0.3 is 0 Å². The Morgan fingerprint density at radius 3 is 2.65 bits per heavy atom. The van der Waals surface area contributed by atoms with E-state index in [0.717, 1.165) is 24.0 Å². The summed E-state index contributed by atoms with van der Waals surface area (Å²) >= 11 is 5.23. The van der Waals surface area contributed by atoms with Crippen molar-refractivity contribution in [2.75, 3.05) is 6.61 Å². The lowest BCUT2D eigenvalue weighted by molar-refractivity contribution is -0.686. The zero-order valence-electron chi connectivity index (χ0n) is 17.3. The minimum atomic E-state index is 0.0582. The number of hydrogen-bond acceptors (Lipinski definition) is 2. The third kappa shape index (κ3) is 6.76. The van der Waals surface area contributed by atoms with Gasteiger partial charge in [0.15, 0.2) is 0 Å². The second-order valence-corrected chi connectivity index (χ2v) is 9.27. The molecule has 158 valence electrons. The lowest BCUT2D eigenvalue weighted by Gasteiger charge is -2.15. The van der Waals surface area contributed by atoms with Crippen molar-refractivity contribution >= 4 is 33.3 Å². The molecular formula is C26H26BrN2OS+. The monoisotopic (exact) mass is 493 g/mol. The quantitative estimate of drug-likeness (QED) is 0.236. The molecule has 0 aliphatic heterocycles. The van der Waals surface area contributed by atoms with Crippen LogP contribution in [0.15, 0.2) is 101 Å². The molecule has 4 rings (SSSR count). The van der Waals surface area contributed by atoms with Crippen molar-refractivity contribution in [1.29, 1.82) is 0 Å². The van der Waals surface area contributed by atoms with Crippen LogP contribution in [0.3, 0.4) is 0 Å². The number of imidazole rings is 1. The van der Waals surface area contributed by atoms with Gasteiger partial charge in [-0.2, -0.15) is 0 Å². The van der Waals surface area contributed by atoms with E-state index in [1.165, 1.54) is 16.0 Å². The molecule has 1 unspecified atom stereocenters. The summed E-state index contributed by atoms with van der Waals surface area (Å²) in [6.07, 6.45) is 11.7. The average Bonchev–Trinajstić information content (AvgIpc) is 3.48. The Labute approximate surface area is 196 Å². The Kier molecular flexibility index (Phi) is 7.88. The van der Waals surface area contributed by atoms with Gasteiger partial charge in [0.1, 0.15) is 31.6 Å². The van der Waals surface area contributed by atoms with Crippen LogP contribution in [0.1, 0.15) is 22.1 Å². The van der Waals surface area contributed by atoms with Crippen molar-refractivity contribution in [3.05, 3.63) is 117 Å². The molecule has 2 aromatic heterocycles. The highest BCUT2D eigenvalue weighted by Crippen LogP contribution is 2.24. The summed E-state index contributed by atoms with van der Waals surface area (Å²) in [5.41, 5.74) is 2.51. The summed E-state index contributed by atoms with van der Waals surface area (Å²) in [5, 5.41) is 2.12. The first-order valence-electron chi connectivity index (χ1n) is 10.4. The molecule has 0 spiro atoms. The molecule has 0 aliphatic rings. The van der Waals surface area contributed by atoms with Crippen LogP contribution in [0, 0.1) is 0 Å². The fourth-order valence-corrected chi connectivity index (χ4v) is 4.42. The van der Waals surface area contributed by atoms with Crippen LogP contribution in [-0.2, 0) is 24.2 Å². The van der Waals surface area contributed by atoms with Crippen LogP contribution < -0.4 is 4.57 Å². The van der Waals surface area contributed by atoms with Gasteiger partial charge in [0.05, 0.1) is 6.61 Å². The number of nitrogens with zero attached hydrogens (tertiary/aromatic N) is 2. The van der Waals surface area contributed by atoms with E-state index in [1.54, 1.807) is 11.3 Å². The Hall–Kier alpha value is -2.47. The number of halogens is 1. The van der Waals surface area contributed by atoms with Crippen LogP contribution in [0.5, 0.6) is 0 Å². The summed E-state index contributed by atoms with van der Waals surface area (Å²) in [6, 6.07) is 23.1.